The van der Waals surface area contributed by atoms with Crippen molar-refractivity contribution in [1.29, 1.82) is 0 Å². The molecule has 0 aliphatic carbocycles. The van der Waals surface area contributed by atoms with Gasteiger partial charge >= 0.3 is 0 Å². The number of halogens is 1. The summed E-state index contributed by atoms with van der Waals surface area (Å²) >= 11 is 0. The fourth-order valence-electron chi connectivity index (χ4n) is 1.84. The quantitative estimate of drug-likeness (QED) is 0.878. The maximum absolute atomic E-state index is 13.6. The Morgan fingerprint density at radius 2 is 1.72 bits per heavy atom. The van der Waals surface area contributed by atoms with E-state index in [1.54, 1.807) is 19.2 Å². The molecule has 0 aliphatic heterocycles. The Labute approximate surface area is 106 Å². The molecule has 0 aromatic heterocycles. The molecule has 2 aromatic rings. The second-order valence-corrected chi connectivity index (χ2v) is 4.12. The maximum atomic E-state index is 13.6. The largest absolute Gasteiger partial charge is 0.497 e. The number of ether oxygens (including phenoxy) is 1. The number of methoxy groups -OCH3 is 1. The van der Waals surface area contributed by atoms with Gasteiger partial charge in [0.2, 0.25) is 0 Å². The van der Waals surface area contributed by atoms with Crippen molar-refractivity contribution in [1.82, 2.24) is 0 Å². The molecule has 0 heterocycles. The molecule has 3 heteroatoms. The van der Waals surface area contributed by atoms with Gasteiger partial charge < -0.3 is 10.1 Å². The van der Waals surface area contributed by atoms with Crippen molar-refractivity contribution in [3.8, 4) is 5.75 Å². The minimum Gasteiger partial charge on any atom is -0.497 e. The summed E-state index contributed by atoms with van der Waals surface area (Å²) in [5.41, 5.74) is 1.60. The van der Waals surface area contributed by atoms with Crippen LogP contribution < -0.4 is 10.1 Å². The van der Waals surface area contributed by atoms with E-state index < -0.39 is 0 Å². The molecule has 0 saturated carbocycles. The van der Waals surface area contributed by atoms with E-state index in [1.165, 1.54) is 6.07 Å². The topological polar surface area (TPSA) is 21.3 Å². The Balaban J connectivity index is 2.11. The van der Waals surface area contributed by atoms with Crippen LogP contribution in [0.3, 0.4) is 0 Å². The van der Waals surface area contributed by atoms with Crippen molar-refractivity contribution >= 4 is 5.69 Å². The highest BCUT2D eigenvalue weighted by Gasteiger charge is 2.09. The molecule has 0 amide bonds. The Kier molecular flexibility index (Phi) is 3.82. The van der Waals surface area contributed by atoms with Crippen LogP contribution in [0.5, 0.6) is 5.75 Å². The van der Waals surface area contributed by atoms with Crippen LogP contribution in [0.2, 0.25) is 0 Å². The van der Waals surface area contributed by atoms with Crippen molar-refractivity contribution < 1.29 is 9.13 Å². The van der Waals surface area contributed by atoms with Crippen LogP contribution in [0.1, 0.15) is 18.5 Å². The first-order valence-electron chi connectivity index (χ1n) is 5.85. The van der Waals surface area contributed by atoms with Gasteiger partial charge in [0.05, 0.1) is 13.2 Å². The van der Waals surface area contributed by atoms with Gasteiger partial charge in [0.15, 0.2) is 0 Å². The monoisotopic (exact) mass is 245 g/mol. The first-order chi connectivity index (χ1) is 8.70. The molecule has 94 valence electrons. The van der Waals surface area contributed by atoms with Crippen molar-refractivity contribution in [3.63, 3.8) is 0 Å². The molecular weight excluding hydrogens is 229 g/mol. The van der Waals surface area contributed by atoms with Gasteiger partial charge in [-0.05, 0) is 37.3 Å². The molecular formula is C15H16FNO. The molecule has 1 atom stereocenters. The van der Waals surface area contributed by atoms with Crippen molar-refractivity contribution in [2.75, 3.05) is 12.4 Å². The summed E-state index contributed by atoms with van der Waals surface area (Å²) in [4.78, 5) is 0. The van der Waals surface area contributed by atoms with Crippen LogP contribution in [0.4, 0.5) is 10.1 Å². The Bertz CT molecular complexity index is 510. The summed E-state index contributed by atoms with van der Waals surface area (Å²) in [6.07, 6.45) is 0. The third-order valence-electron chi connectivity index (χ3n) is 2.84. The van der Waals surface area contributed by atoms with Crippen LogP contribution in [-0.2, 0) is 0 Å². The molecule has 2 nitrogen and oxygen atoms in total. The number of hydrogen-bond donors (Lipinski definition) is 1. The second kappa shape index (κ2) is 5.54. The van der Waals surface area contributed by atoms with Crippen LogP contribution in [0.15, 0.2) is 48.5 Å². The van der Waals surface area contributed by atoms with Gasteiger partial charge in [-0.15, -0.1) is 0 Å². The van der Waals surface area contributed by atoms with Gasteiger partial charge in [0.25, 0.3) is 0 Å². The van der Waals surface area contributed by atoms with Crippen LogP contribution in [0, 0.1) is 5.82 Å². The van der Waals surface area contributed by atoms with E-state index in [0.717, 1.165) is 11.4 Å². The van der Waals surface area contributed by atoms with Crippen LogP contribution in [-0.4, -0.2) is 7.11 Å². The Hall–Kier alpha value is -2.03. The molecule has 2 rings (SSSR count). The Morgan fingerprint density at radius 1 is 1.06 bits per heavy atom. The Morgan fingerprint density at radius 3 is 2.33 bits per heavy atom. The number of anilines is 1. The average Bonchev–Trinajstić information content (AvgIpc) is 2.40. The van der Waals surface area contributed by atoms with Gasteiger partial charge in [-0.2, -0.15) is 0 Å². The molecule has 0 bridgehead atoms. The summed E-state index contributed by atoms with van der Waals surface area (Å²) in [6.45, 7) is 1.93. The van der Waals surface area contributed by atoms with Gasteiger partial charge in [-0.3, -0.25) is 0 Å². The predicted octanol–water partition coefficient (Wildman–Crippen LogP) is 4.01. The predicted molar refractivity (Wildman–Crippen MR) is 71.4 cm³/mol. The lowest BCUT2D eigenvalue weighted by Gasteiger charge is -2.16. The molecule has 0 saturated heterocycles. The molecule has 0 fully saturated rings. The lowest BCUT2D eigenvalue weighted by Crippen LogP contribution is -2.08. The number of rotatable bonds is 4. The molecule has 0 unspecified atom stereocenters. The highest BCUT2D eigenvalue weighted by atomic mass is 19.1. The average molecular weight is 245 g/mol. The lowest BCUT2D eigenvalue weighted by atomic mass is 10.1. The molecule has 2 aromatic carbocycles. The first-order valence-corrected chi connectivity index (χ1v) is 5.85. The summed E-state index contributed by atoms with van der Waals surface area (Å²) in [5, 5.41) is 3.25. The molecule has 0 aliphatic rings. The number of benzene rings is 2. The number of hydrogen-bond acceptors (Lipinski definition) is 2. The zero-order valence-corrected chi connectivity index (χ0v) is 10.5. The third-order valence-corrected chi connectivity index (χ3v) is 2.84. The highest BCUT2D eigenvalue weighted by molar-refractivity contribution is 5.48. The van der Waals surface area contributed by atoms with E-state index in [9.17, 15) is 4.39 Å². The lowest BCUT2D eigenvalue weighted by molar-refractivity contribution is 0.415. The van der Waals surface area contributed by atoms with E-state index >= 15 is 0 Å². The first kappa shape index (κ1) is 12.4. The van der Waals surface area contributed by atoms with E-state index in [-0.39, 0.29) is 11.9 Å². The second-order valence-electron chi connectivity index (χ2n) is 4.12. The van der Waals surface area contributed by atoms with E-state index in [4.69, 9.17) is 4.74 Å². The summed E-state index contributed by atoms with van der Waals surface area (Å²) in [5.74, 6) is 0.616. The molecule has 0 spiro atoms. The molecule has 0 radical (unpaired) electrons. The van der Waals surface area contributed by atoms with Gasteiger partial charge in [-0.25, -0.2) is 4.39 Å². The van der Waals surface area contributed by atoms with Crippen molar-refractivity contribution in [2.45, 2.75) is 13.0 Å². The van der Waals surface area contributed by atoms with E-state index in [2.05, 4.69) is 5.32 Å². The number of nitrogens with one attached hydrogen (secondary N) is 1. The smallest absolute Gasteiger partial charge is 0.128 e. The normalized spacial score (nSPS) is 11.9. The van der Waals surface area contributed by atoms with E-state index in [0.29, 0.717) is 5.56 Å². The fourth-order valence-corrected chi connectivity index (χ4v) is 1.84. The van der Waals surface area contributed by atoms with Gasteiger partial charge in [0.1, 0.15) is 11.6 Å². The standard InChI is InChI=1S/C15H16FNO/c1-11(14-5-3-4-6-15(14)16)17-12-7-9-13(18-2)10-8-12/h3-11,17H,1-2H3/t11-/m0/s1. The SMILES string of the molecule is COc1ccc(N[C@@H](C)c2ccccc2F)cc1. The minimum atomic E-state index is -0.189. The maximum Gasteiger partial charge on any atom is 0.128 e. The van der Waals surface area contributed by atoms with Crippen molar-refractivity contribution in [2.24, 2.45) is 0 Å². The molecule has 18 heavy (non-hydrogen) atoms. The fraction of sp³-hybridized carbons (Fsp3) is 0.200. The van der Waals surface area contributed by atoms with Gasteiger partial charge in [-0.1, -0.05) is 18.2 Å². The summed E-state index contributed by atoms with van der Waals surface area (Å²) in [7, 11) is 1.63. The highest BCUT2D eigenvalue weighted by Crippen LogP contribution is 2.22. The van der Waals surface area contributed by atoms with Crippen LogP contribution >= 0.6 is 0 Å². The van der Waals surface area contributed by atoms with Gasteiger partial charge in [0, 0.05) is 11.3 Å². The van der Waals surface area contributed by atoms with E-state index in [1.807, 2.05) is 37.3 Å². The van der Waals surface area contributed by atoms with Crippen molar-refractivity contribution in [3.05, 3.63) is 59.9 Å². The summed E-state index contributed by atoms with van der Waals surface area (Å²) in [6, 6.07) is 14.3. The summed E-state index contributed by atoms with van der Waals surface area (Å²) < 4.78 is 18.7. The zero-order chi connectivity index (χ0) is 13.0. The van der Waals surface area contributed by atoms with Crippen LogP contribution in [0.25, 0.3) is 0 Å². The molecule has 1 N–H and O–H groups in total. The zero-order valence-electron chi connectivity index (χ0n) is 10.5. The third kappa shape index (κ3) is 2.80. The minimum absolute atomic E-state index is 0.0837.